The molecule has 0 radical (unpaired) electrons. The molecule has 0 bridgehead atoms. The van der Waals surface area contributed by atoms with Gasteiger partial charge in [0.05, 0.1) is 40.7 Å². The number of rotatable bonds is 13. The molecular weight excluding hydrogens is 873 g/mol. The van der Waals surface area contributed by atoms with Crippen LogP contribution in [0.15, 0.2) is 60.9 Å². The SMILES string of the molecule is COc1cc(-c2nccc(-c3cccc(-c4cc5c(cn4)C(=O)N(CCN(C[C@@H]4CCC(=O)N4)C(=O)OC(C)(C)C)C5)c3Cl)c2Cl)ccc1CN(C[C@@H]1CCC(=O)N1)C(=O)OC(C)(C)C. The van der Waals surface area contributed by atoms with Crippen molar-refractivity contribution >= 4 is 53.1 Å². The average molecular weight is 929 g/mol. The lowest BCUT2D eigenvalue weighted by molar-refractivity contribution is -0.120. The molecule has 65 heavy (non-hydrogen) atoms. The fourth-order valence-corrected chi connectivity index (χ4v) is 8.78. The van der Waals surface area contributed by atoms with Crippen molar-refractivity contribution in [1.82, 2.24) is 35.3 Å². The number of nitrogens with zero attached hydrogens (tertiary/aromatic N) is 5. The van der Waals surface area contributed by atoms with Gasteiger partial charge in [0.2, 0.25) is 11.8 Å². The van der Waals surface area contributed by atoms with Crippen LogP contribution in [0.1, 0.15) is 88.7 Å². The number of aromatic nitrogens is 2. The van der Waals surface area contributed by atoms with Crippen LogP contribution >= 0.6 is 23.2 Å². The number of nitrogens with one attached hydrogen (secondary N) is 2. The van der Waals surface area contributed by atoms with Gasteiger partial charge in [0.1, 0.15) is 17.0 Å². The van der Waals surface area contributed by atoms with E-state index in [4.69, 9.17) is 37.4 Å². The highest BCUT2D eigenvalue weighted by atomic mass is 35.5. The Labute approximate surface area is 389 Å². The highest BCUT2D eigenvalue weighted by Crippen LogP contribution is 2.42. The smallest absolute Gasteiger partial charge is 0.410 e. The Hall–Kier alpha value is -5.93. The lowest BCUT2D eigenvalue weighted by Gasteiger charge is -2.30. The Morgan fingerprint density at radius 2 is 1.40 bits per heavy atom. The fraction of sp³-hybridized carbons (Fsp3) is 0.438. The molecule has 0 spiro atoms. The first-order valence-electron chi connectivity index (χ1n) is 21.7. The van der Waals surface area contributed by atoms with E-state index in [0.717, 1.165) is 11.1 Å². The molecule has 3 aliphatic rings. The van der Waals surface area contributed by atoms with E-state index in [1.54, 1.807) is 81.8 Å². The van der Waals surface area contributed by atoms with Crippen molar-refractivity contribution in [3.05, 3.63) is 87.7 Å². The van der Waals surface area contributed by atoms with Crippen LogP contribution in [0.3, 0.4) is 0 Å². The Kier molecular flexibility index (Phi) is 13.9. The van der Waals surface area contributed by atoms with Gasteiger partial charge in [0.15, 0.2) is 0 Å². The Morgan fingerprint density at radius 1 is 0.785 bits per heavy atom. The van der Waals surface area contributed by atoms with Crippen molar-refractivity contribution in [1.29, 1.82) is 0 Å². The number of halogens is 2. The summed E-state index contributed by atoms with van der Waals surface area (Å²) in [6.45, 7) is 12.3. The highest BCUT2D eigenvalue weighted by Gasteiger charge is 2.33. The molecule has 2 aromatic carbocycles. The van der Waals surface area contributed by atoms with E-state index in [1.165, 1.54) is 0 Å². The number of methoxy groups -OCH3 is 1. The van der Waals surface area contributed by atoms with E-state index >= 15 is 0 Å². The van der Waals surface area contributed by atoms with Crippen molar-refractivity contribution in [2.75, 3.05) is 33.3 Å². The maximum Gasteiger partial charge on any atom is 0.410 e. The average Bonchev–Trinajstić information content (AvgIpc) is 3.94. The number of benzene rings is 2. The van der Waals surface area contributed by atoms with Gasteiger partial charge in [0.25, 0.3) is 5.91 Å². The van der Waals surface area contributed by atoms with E-state index in [1.807, 2.05) is 42.5 Å². The normalized spacial score (nSPS) is 17.1. The molecule has 15 nitrogen and oxygen atoms in total. The third-order valence-corrected chi connectivity index (χ3v) is 12.0. The minimum absolute atomic E-state index is 0.0434. The second kappa shape index (κ2) is 19.3. The summed E-state index contributed by atoms with van der Waals surface area (Å²) in [5.74, 6) is 0.219. The second-order valence-corrected chi connectivity index (χ2v) is 19.3. The van der Waals surface area contributed by atoms with Gasteiger partial charge in [-0.05, 0) is 78.1 Å². The van der Waals surface area contributed by atoms with Gasteiger partial charge in [-0.15, -0.1) is 0 Å². The summed E-state index contributed by atoms with van der Waals surface area (Å²) in [7, 11) is 1.55. The van der Waals surface area contributed by atoms with Gasteiger partial charge < -0.3 is 39.5 Å². The van der Waals surface area contributed by atoms with Crippen molar-refractivity contribution in [3.8, 4) is 39.4 Å². The van der Waals surface area contributed by atoms with Gasteiger partial charge in [-0.2, -0.15) is 0 Å². The molecule has 7 rings (SSSR count). The molecule has 5 amide bonds. The largest absolute Gasteiger partial charge is 0.496 e. The van der Waals surface area contributed by atoms with Crippen molar-refractivity contribution < 1.29 is 38.2 Å². The minimum atomic E-state index is -0.716. The summed E-state index contributed by atoms with van der Waals surface area (Å²) in [5, 5.41) is 6.60. The number of ether oxygens (including phenoxy) is 3. The molecule has 344 valence electrons. The standard InChI is InChI=1S/C48H55Cl2N7O8/c1-47(2,3)64-45(61)56(26-31-13-15-39(58)53-31)20-19-55-25-30-21-37(52-23-36(30)44(55)60)35-10-8-9-33(41(35)49)34-17-18-51-43(42(34)50)28-11-12-29(38(22-28)63-7)24-57(46(62)65-48(4,5)6)27-32-14-16-40(59)54-32/h8-12,17-18,21-23,31-32H,13-16,19-20,24-27H2,1-7H3,(H,53,58)(H,54,59)/t31-,32-/m0/s1. The van der Waals surface area contributed by atoms with Crippen molar-refractivity contribution in [2.45, 2.75) is 104 Å². The molecule has 17 heteroatoms. The molecule has 2 aromatic heterocycles. The van der Waals surface area contributed by atoms with Crippen LogP contribution in [0.5, 0.6) is 5.75 Å². The first kappa shape index (κ1) is 47.0. The van der Waals surface area contributed by atoms with E-state index in [0.29, 0.717) is 87.2 Å². The Bertz CT molecular complexity index is 2500. The summed E-state index contributed by atoms with van der Waals surface area (Å²) in [5.41, 5.74) is 4.18. The molecule has 2 saturated heterocycles. The summed E-state index contributed by atoms with van der Waals surface area (Å²) in [6, 6.07) is 14.4. The predicted octanol–water partition coefficient (Wildman–Crippen LogP) is 8.28. The zero-order valence-corrected chi connectivity index (χ0v) is 39.3. The van der Waals surface area contributed by atoms with Crippen LogP contribution in [0.25, 0.3) is 33.6 Å². The molecule has 2 atom stereocenters. The van der Waals surface area contributed by atoms with Crippen LogP contribution in [0.2, 0.25) is 10.0 Å². The molecule has 2 fully saturated rings. The topological polar surface area (TPSA) is 173 Å². The monoisotopic (exact) mass is 927 g/mol. The maximum absolute atomic E-state index is 13.6. The van der Waals surface area contributed by atoms with Crippen LogP contribution in [-0.4, -0.2) is 111 Å². The zero-order chi connectivity index (χ0) is 46.8. The Morgan fingerprint density at radius 3 is 2.02 bits per heavy atom. The predicted molar refractivity (Wildman–Crippen MR) is 246 cm³/mol. The molecule has 4 aromatic rings. The van der Waals surface area contributed by atoms with Gasteiger partial charge in [-0.25, -0.2) is 9.59 Å². The third kappa shape index (κ3) is 11.3. The number of hydrogen-bond acceptors (Lipinski definition) is 10. The van der Waals surface area contributed by atoms with Crippen molar-refractivity contribution in [3.63, 3.8) is 0 Å². The van der Waals surface area contributed by atoms with Gasteiger partial charge in [0, 0.05) is 97.9 Å². The first-order chi connectivity index (χ1) is 30.8. The van der Waals surface area contributed by atoms with Gasteiger partial charge in [-0.3, -0.25) is 24.4 Å². The van der Waals surface area contributed by atoms with E-state index in [9.17, 15) is 24.0 Å². The molecule has 0 unspecified atom stereocenters. The summed E-state index contributed by atoms with van der Waals surface area (Å²) < 4.78 is 17.2. The van der Waals surface area contributed by atoms with Crippen LogP contribution < -0.4 is 15.4 Å². The van der Waals surface area contributed by atoms with E-state index in [2.05, 4.69) is 20.6 Å². The van der Waals surface area contributed by atoms with Crippen molar-refractivity contribution in [2.24, 2.45) is 0 Å². The second-order valence-electron chi connectivity index (χ2n) is 18.6. The Balaban J connectivity index is 1.09. The lowest BCUT2D eigenvalue weighted by Crippen LogP contribution is -2.47. The van der Waals surface area contributed by atoms with E-state index in [-0.39, 0.29) is 62.5 Å². The molecule has 0 aliphatic carbocycles. The number of pyridine rings is 2. The molecule has 2 N–H and O–H groups in total. The maximum atomic E-state index is 13.6. The molecule has 3 aliphatic heterocycles. The number of carbonyl (C=O) groups is 5. The van der Waals surface area contributed by atoms with Gasteiger partial charge in [-0.1, -0.05) is 53.5 Å². The third-order valence-electron chi connectivity index (χ3n) is 11.2. The highest BCUT2D eigenvalue weighted by molar-refractivity contribution is 6.39. The van der Waals surface area contributed by atoms with Crippen LogP contribution in [-0.2, 0) is 32.2 Å². The summed E-state index contributed by atoms with van der Waals surface area (Å²) in [6.07, 6.45) is 4.26. The van der Waals surface area contributed by atoms with E-state index < -0.39 is 23.4 Å². The summed E-state index contributed by atoms with van der Waals surface area (Å²) >= 11 is 14.4. The summed E-state index contributed by atoms with van der Waals surface area (Å²) in [4.78, 5) is 78.1. The molecular formula is C48H55Cl2N7O8. The first-order valence-corrected chi connectivity index (χ1v) is 22.5. The van der Waals surface area contributed by atoms with Gasteiger partial charge >= 0.3 is 12.2 Å². The molecule has 0 saturated carbocycles. The number of carbonyl (C=O) groups excluding carboxylic acids is 5. The quantitative estimate of drug-likeness (QED) is 0.133. The lowest BCUT2D eigenvalue weighted by atomic mass is 9.98. The minimum Gasteiger partial charge on any atom is -0.496 e. The number of hydrogen-bond donors (Lipinski definition) is 2. The van der Waals surface area contributed by atoms with Crippen LogP contribution in [0, 0.1) is 0 Å². The fourth-order valence-electron chi connectivity index (χ4n) is 8.13. The number of fused-ring (bicyclic) bond motifs is 1. The zero-order valence-electron chi connectivity index (χ0n) is 37.8. The molecule has 5 heterocycles. The number of amides is 5. The van der Waals surface area contributed by atoms with Crippen LogP contribution in [0.4, 0.5) is 9.59 Å².